The van der Waals surface area contributed by atoms with Gasteiger partial charge in [-0.15, -0.1) is 0 Å². The fourth-order valence-electron chi connectivity index (χ4n) is 0.382. The van der Waals surface area contributed by atoms with Crippen LogP contribution < -0.4 is 4.84 Å². The lowest BCUT2D eigenvalue weighted by Gasteiger charge is -1.98. The first-order chi connectivity index (χ1) is 4.31. The number of nitrogens with one attached hydrogen (secondary N) is 1. The second-order valence-electron chi connectivity index (χ2n) is 1.44. The summed E-state index contributed by atoms with van der Waals surface area (Å²) in [5.41, 5.74) is 0. The van der Waals surface area contributed by atoms with Crippen molar-refractivity contribution in [1.82, 2.24) is 4.84 Å². The molecule has 0 radical (unpaired) electrons. The number of hydrogen-bond donors (Lipinski definition) is 1. The van der Waals surface area contributed by atoms with Gasteiger partial charge in [-0.3, -0.25) is 4.79 Å². The maximum absolute atomic E-state index is 10.5. The summed E-state index contributed by atoms with van der Waals surface area (Å²) in [6.45, 7) is 2.66. The summed E-state index contributed by atoms with van der Waals surface area (Å²) >= 11 is 5.09. The number of halogens is 1. The van der Waals surface area contributed by atoms with Crippen LogP contribution in [0.5, 0.6) is 0 Å². The van der Waals surface area contributed by atoms with E-state index in [1.807, 2.05) is 0 Å². The lowest BCUT2D eigenvalue weighted by atomic mass is 10.4. The number of carbonyl (C=O) groups is 1. The zero-order valence-electron chi connectivity index (χ0n) is 5.32. The van der Waals surface area contributed by atoms with E-state index < -0.39 is 0 Å². The number of rotatable bonds is 4. The molecule has 0 aliphatic rings. The third-order valence-corrected chi connectivity index (χ3v) is 0.918. The molecule has 9 heavy (non-hydrogen) atoms. The van der Waals surface area contributed by atoms with Crippen LogP contribution in [0, 0.1) is 0 Å². The van der Waals surface area contributed by atoms with Crippen LogP contribution in [0.15, 0.2) is 0 Å². The van der Waals surface area contributed by atoms with Crippen molar-refractivity contribution in [3.8, 4) is 0 Å². The Bertz CT molecular complexity index is 87.0. The summed E-state index contributed by atoms with van der Waals surface area (Å²) in [5, 5.41) is 0. The Morgan fingerprint density at radius 1 is 1.78 bits per heavy atom. The van der Waals surface area contributed by atoms with E-state index in [0.717, 1.165) is 0 Å². The van der Waals surface area contributed by atoms with Gasteiger partial charge in [-0.05, 0) is 18.7 Å². The molecule has 0 saturated heterocycles. The molecule has 0 aliphatic heterocycles. The Morgan fingerprint density at radius 2 is 2.44 bits per heavy atom. The van der Waals surface area contributed by atoms with Crippen LogP contribution in [-0.4, -0.2) is 19.1 Å². The molecule has 1 N–H and O–H groups in total. The van der Waals surface area contributed by atoms with Crippen molar-refractivity contribution >= 4 is 17.7 Å². The summed E-state index contributed by atoms with van der Waals surface area (Å²) in [6, 6.07) is 0. The number of hydrogen-bond acceptors (Lipinski definition) is 3. The molecule has 0 aromatic heterocycles. The predicted octanol–water partition coefficient (Wildman–Crippen LogP) is 0.683. The van der Waals surface area contributed by atoms with E-state index >= 15 is 0 Å². The smallest absolute Gasteiger partial charge is 0.307 e. The van der Waals surface area contributed by atoms with Gasteiger partial charge in [0.05, 0.1) is 13.0 Å². The van der Waals surface area contributed by atoms with Gasteiger partial charge in [-0.25, -0.2) is 4.84 Å². The van der Waals surface area contributed by atoms with Gasteiger partial charge >= 0.3 is 5.97 Å². The maximum atomic E-state index is 10.5. The molecule has 0 heterocycles. The summed E-state index contributed by atoms with van der Waals surface area (Å²) in [4.78, 5) is 12.8. The molecule has 0 aromatic rings. The van der Waals surface area contributed by atoms with Crippen LogP contribution in [0.4, 0.5) is 0 Å². The summed E-state index contributed by atoms with van der Waals surface area (Å²) in [6.07, 6.45) is 0.331. The second-order valence-corrected chi connectivity index (χ2v) is 1.71. The number of esters is 1. The van der Waals surface area contributed by atoms with Gasteiger partial charge in [0.15, 0.2) is 0 Å². The minimum absolute atomic E-state index is 0.217. The first-order valence-electron chi connectivity index (χ1n) is 2.80. The molecule has 0 aliphatic carbocycles. The first-order valence-corrected chi connectivity index (χ1v) is 3.18. The highest BCUT2D eigenvalue weighted by Gasteiger charge is 1.97. The monoisotopic (exact) mass is 151 g/mol. The second kappa shape index (κ2) is 5.85. The van der Waals surface area contributed by atoms with E-state index in [2.05, 4.69) is 9.57 Å². The molecular weight excluding hydrogens is 142 g/mol. The Labute approximate surface area is 59.4 Å². The van der Waals surface area contributed by atoms with Gasteiger partial charge in [0.1, 0.15) is 0 Å². The standard InChI is InChI=1S/C5H10ClNO2/c1-2-9-5(8)3-4-7-6/h7H,2-4H2,1H3. The molecule has 0 rings (SSSR count). The van der Waals surface area contributed by atoms with Crippen molar-refractivity contribution in [2.24, 2.45) is 0 Å². The molecule has 0 fully saturated rings. The Kier molecular flexibility index (Phi) is 5.67. The van der Waals surface area contributed by atoms with E-state index in [0.29, 0.717) is 19.6 Å². The van der Waals surface area contributed by atoms with Crippen LogP contribution in [0.2, 0.25) is 0 Å². The Hall–Kier alpha value is -0.280. The minimum atomic E-state index is -0.217. The van der Waals surface area contributed by atoms with E-state index in [-0.39, 0.29) is 5.97 Å². The average Bonchev–Trinajstić information content (AvgIpc) is 1.85. The summed E-state index contributed by atoms with van der Waals surface area (Å²) in [5.74, 6) is -0.217. The normalized spacial score (nSPS) is 9.11. The van der Waals surface area contributed by atoms with Crippen LogP contribution >= 0.6 is 11.8 Å². The van der Waals surface area contributed by atoms with E-state index in [4.69, 9.17) is 11.8 Å². The fourth-order valence-corrected chi connectivity index (χ4v) is 0.477. The van der Waals surface area contributed by atoms with Crippen molar-refractivity contribution in [2.75, 3.05) is 13.2 Å². The van der Waals surface area contributed by atoms with E-state index in [1.165, 1.54) is 0 Å². The van der Waals surface area contributed by atoms with Crippen LogP contribution in [-0.2, 0) is 9.53 Å². The zero-order valence-corrected chi connectivity index (χ0v) is 6.07. The number of carbonyl (C=O) groups excluding carboxylic acids is 1. The first kappa shape index (κ1) is 8.72. The molecule has 4 heteroatoms. The molecule has 0 atom stereocenters. The van der Waals surface area contributed by atoms with Crippen molar-refractivity contribution in [2.45, 2.75) is 13.3 Å². The molecule has 54 valence electrons. The molecule has 0 saturated carbocycles. The van der Waals surface area contributed by atoms with Crippen LogP contribution in [0.3, 0.4) is 0 Å². The van der Waals surface area contributed by atoms with Crippen LogP contribution in [0.1, 0.15) is 13.3 Å². The maximum Gasteiger partial charge on any atom is 0.307 e. The van der Waals surface area contributed by atoms with Gasteiger partial charge in [0.2, 0.25) is 0 Å². The molecule has 0 bridgehead atoms. The third kappa shape index (κ3) is 5.59. The molecule has 0 aromatic carbocycles. The van der Waals surface area contributed by atoms with Gasteiger partial charge in [0, 0.05) is 6.54 Å². The van der Waals surface area contributed by atoms with Crippen molar-refractivity contribution < 1.29 is 9.53 Å². The van der Waals surface area contributed by atoms with E-state index in [1.54, 1.807) is 6.92 Å². The number of ether oxygens (including phenoxy) is 1. The van der Waals surface area contributed by atoms with Gasteiger partial charge in [-0.2, -0.15) is 0 Å². The third-order valence-electron chi connectivity index (χ3n) is 0.729. The van der Waals surface area contributed by atoms with Gasteiger partial charge < -0.3 is 4.74 Å². The fraction of sp³-hybridized carbons (Fsp3) is 0.800. The highest BCUT2D eigenvalue weighted by molar-refractivity contribution is 6.13. The van der Waals surface area contributed by atoms with Crippen molar-refractivity contribution in [1.29, 1.82) is 0 Å². The lowest BCUT2D eigenvalue weighted by Crippen LogP contribution is -2.11. The Balaban J connectivity index is 3.06. The van der Waals surface area contributed by atoms with Crippen molar-refractivity contribution in [3.63, 3.8) is 0 Å². The molecular formula is C5H10ClNO2. The molecule has 3 nitrogen and oxygen atoms in total. The summed E-state index contributed by atoms with van der Waals surface area (Å²) in [7, 11) is 0. The molecule has 0 spiro atoms. The van der Waals surface area contributed by atoms with Crippen LogP contribution in [0.25, 0.3) is 0 Å². The van der Waals surface area contributed by atoms with E-state index in [9.17, 15) is 4.79 Å². The largest absolute Gasteiger partial charge is 0.466 e. The zero-order chi connectivity index (χ0) is 7.11. The summed E-state index contributed by atoms with van der Waals surface area (Å²) < 4.78 is 4.61. The van der Waals surface area contributed by atoms with Gasteiger partial charge in [0.25, 0.3) is 0 Å². The SMILES string of the molecule is CCOC(=O)CCNCl. The quantitative estimate of drug-likeness (QED) is 0.475. The predicted molar refractivity (Wildman–Crippen MR) is 35.1 cm³/mol. The minimum Gasteiger partial charge on any atom is -0.466 e. The average molecular weight is 152 g/mol. The lowest BCUT2D eigenvalue weighted by molar-refractivity contribution is -0.142. The molecule has 0 amide bonds. The molecule has 0 unspecified atom stereocenters. The van der Waals surface area contributed by atoms with Crippen molar-refractivity contribution in [3.05, 3.63) is 0 Å². The van der Waals surface area contributed by atoms with Gasteiger partial charge in [-0.1, -0.05) is 0 Å². The topological polar surface area (TPSA) is 38.3 Å². The highest BCUT2D eigenvalue weighted by Crippen LogP contribution is 1.83. The Morgan fingerprint density at radius 3 is 2.89 bits per heavy atom. The highest BCUT2D eigenvalue weighted by atomic mass is 35.5.